The van der Waals surface area contributed by atoms with Crippen molar-refractivity contribution >= 4 is 12.4 Å². The Morgan fingerprint density at radius 1 is 1.06 bits per heavy atom. The van der Waals surface area contributed by atoms with E-state index in [0.717, 1.165) is 5.56 Å². The van der Waals surface area contributed by atoms with Crippen LogP contribution in [0, 0.1) is 0 Å². The van der Waals surface area contributed by atoms with Gasteiger partial charge in [0, 0.05) is 19.4 Å². The molecule has 1 aliphatic rings. The van der Waals surface area contributed by atoms with E-state index in [1.807, 2.05) is 12.1 Å². The van der Waals surface area contributed by atoms with E-state index in [4.69, 9.17) is 5.73 Å². The van der Waals surface area contributed by atoms with Crippen molar-refractivity contribution in [2.75, 3.05) is 0 Å². The van der Waals surface area contributed by atoms with E-state index in [0.29, 0.717) is 12.1 Å². The van der Waals surface area contributed by atoms with Gasteiger partial charge < -0.3 is 10.8 Å². The van der Waals surface area contributed by atoms with Gasteiger partial charge in [-0.1, -0.05) is 24.3 Å². The van der Waals surface area contributed by atoms with Gasteiger partial charge in [-0.2, -0.15) is 0 Å². The maximum absolute atomic E-state index is 13.1. The van der Waals surface area contributed by atoms with Crippen LogP contribution in [0.1, 0.15) is 36.8 Å². The van der Waals surface area contributed by atoms with Crippen molar-refractivity contribution in [1.82, 2.24) is 0 Å². The highest BCUT2D eigenvalue weighted by Crippen LogP contribution is 2.43. The molecule has 2 nitrogen and oxygen atoms in total. The molecule has 0 atom stereocenters. The Kier molecular flexibility index (Phi) is 4.70. The largest absolute Gasteiger partial charge is 0.385 e. The van der Waals surface area contributed by atoms with Crippen molar-refractivity contribution in [2.24, 2.45) is 5.73 Å². The second-order valence-electron chi connectivity index (χ2n) is 4.79. The molecule has 0 unspecified atom stereocenters. The smallest absolute Gasteiger partial charge is 0.248 e. The summed E-state index contributed by atoms with van der Waals surface area (Å²) in [5, 5.41) is 10.4. The number of alkyl halides is 2. The van der Waals surface area contributed by atoms with Gasteiger partial charge in [-0.05, 0) is 24.0 Å². The Balaban J connectivity index is 0.00000162. The lowest BCUT2D eigenvalue weighted by molar-refractivity contribution is -0.107. The Labute approximate surface area is 112 Å². The molecule has 2 rings (SSSR count). The molecule has 0 aromatic heterocycles. The lowest BCUT2D eigenvalue weighted by Gasteiger charge is -2.36. The Morgan fingerprint density at radius 3 is 2.00 bits per heavy atom. The van der Waals surface area contributed by atoms with Gasteiger partial charge in [0.1, 0.15) is 0 Å². The molecule has 1 aliphatic carbocycles. The number of nitrogens with two attached hydrogens (primary N) is 1. The highest BCUT2D eigenvalue weighted by Gasteiger charge is 2.43. The minimum atomic E-state index is -2.62. The molecule has 102 valence electrons. The first-order chi connectivity index (χ1) is 7.95. The van der Waals surface area contributed by atoms with Gasteiger partial charge in [-0.15, -0.1) is 12.4 Å². The van der Waals surface area contributed by atoms with Crippen LogP contribution in [0.4, 0.5) is 8.78 Å². The predicted molar refractivity (Wildman–Crippen MR) is 68.9 cm³/mol. The molecule has 0 aliphatic heterocycles. The van der Waals surface area contributed by atoms with E-state index >= 15 is 0 Å². The van der Waals surface area contributed by atoms with E-state index in [1.165, 1.54) is 0 Å². The molecular weight excluding hydrogens is 260 g/mol. The molecule has 0 radical (unpaired) electrons. The molecule has 3 N–H and O–H groups in total. The fourth-order valence-electron chi connectivity index (χ4n) is 2.27. The summed E-state index contributed by atoms with van der Waals surface area (Å²) in [6.45, 7) is 0.441. The van der Waals surface area contributed by atoms with Gasteiger partial charge >= 0.3 is 0 Å². The molecule has 5 heteroatoms. The Morgan fingerprint density at radius 2 is 1.56 bits per heavy atom. The molecule has 0 spiro atoms. The lowest BCUT2D eigenvalue weighted by Crippen LogP contribution is -2.36. The summed E-state index contributed by atoms with van der Waals surface area (Å²) >= 11 is 0. The van der Waals surface area contributed by atoms with E-state index in [-0.39, 0.29) is 38.1 Å². The minimum Gasteiger partial charge on any atom is -0.385 e. The summed E-state index contributed by atoms with van der Waals surface area (Å²) in [4.78, 5) is 0. The third-order valence-corrected chi connectivity index (χ3v) is 3.54. The van der Waals surface area contributed by atoms with Gasteiger partial charge in [0.2, 0.25) is 5.92 Å². The van der Waals surface area contributed by atoms with Crippen LogP contribution in [0.25, 0.3) is 0 Å². The van der Waals surface area contributed by atoms with Crippen molar-refractivity contribution in [3.05, 3.63) is 35.4 Å². The van der Waals surface area contributed by atoms with Gasteiger partial charge in [0.15, 0.2) is 0 Å². The number of hydrogen-bond acceptors (Lipinski definition) is 2. The van der Waals surface area contributed by atoms with Crippen LogP contribution < -0.4 is 5.73 Å². The van der Waals surface area contributed by atoms with Crippen LogP contribution >= 0.6 is 12.4 Å². The summed E-state index contributed by atoms with van der Waals surface area (Å²) < 4.78 is 26.1. The highest BCUT2D eigenvalue weighted by molar-refractivity contribution is 5.85. The number of halogens is 3. The van der Waals surface area contributed by atoms with Crippen molar-refractivity contribution in [2.45, 2.75) is 43.8 Å². The molecule has 18 heavy (non-hydrogen) atoms. The molecule has 0 amide bonds. The second kappa shape index (κ2) is 5.51. The summed E-state index contributed by atoms with van der Waals surface area (Å²) in [7, 11) is 0. The molecule has 1 fully saturated rings. The third kappa shape index (κ3) is 3.19. The van der Waals surface area contributed by atoms with Gasteiger partial charge in [-0.3, -0.25) is 0 Å². The molecule has 0 bridgehead atoms. The number of benzene rings is 1. The molecule has 0 heterocycles. The molecular formula is C13H18ClF2NO. The fourth-order valence-corrected chi connectivity index (χ4v) is 2.27. The zero-order chi connectivity index (χ0) is 12.5. The molecule has 1 aromatic carbocycles. The Bertz CT molecular complexity index is 384. The number of rotatable bonds is 2. The number of hydrogen-bond donors (Lipinski definition) is 2. The van der Waals surface area contributed by atoms with Crippen molar-refractivity contribution in [3.8, 4) is 0 Å². The molecule has 1 saturated carbocycles. The maximum atomic E-state index is 13.1. The minimum absolute atomic E-state index is 0. The fraction of sp³-hybridized carbons (Fsp3) is 0.538. The standard InChI is InChI=1S/C13H17F2NO.ClH/c14-13(15)7-5-12(17,6-8-13)11-3-1-10(9-16)2-4-11;/h1-4,17H,5-9,16H2;1H. The normalized spacial score (nSPS) is 21.1. The zero-order valence-electron chi connectivity index (χ0n) is 10.0. The Hall–Kier alpha value is -0.710. The van der Waals surface area contributed by atoms with Crippen molar-refractivity contribution in [3.63, 3.8) is 0 Å². The van der Waals surface area contributed by atoms with Gasteiger partial charge in [-0.25, -0.2) is 8.78 Å². The third-order valence-electron chi connectivity index (χ3n) is 3.54. The van der Waals surface area contributed by atoms with Crippen LogP contribution in [0.15, 0.2) is 24.3 Å². The van der Waals surface area contributed by atoms with Crippen LogP contribution in [-0.4, -0.2) is 11.0 Å². The van der Waals surface area contributed by atoms with Crippen LogP contribution in [0.5, 0.6) is 0 Å². The second-order valence-corrected chi connectivity index (χ2v) is 4.79. The zero-order valence-corrected chi connectivity index (χ0v) is 10.9. The van der Waals surface area contributed by atoms with Crippen molar-refractivity contribution in [1.29, 1.82) is 0 Å². The van der Waals surface area contributed by atoms with Gasteiger partial charge in [0.05, 0.1) is 5.60 Å². The van der Waals surface area contributed by atoms with Crippen molar-refractivity contribution < 1.29 is 13.9 Å². The van der Waals surface area contributed by atoms with Gasteiger partial charge in [0.25, 0.3) is 0 Å². The lowest BCUT2D eigenvalue weighted by atomic mass is 9.78. The maximum Gasteiger partial charge on any atom is 0.248 e. The van der Waals surface area contributed by atoms with E-state index in [2.05, 4.69) is 0 Å². The summed E-state index contributed by atoms with van der Waals surface area (Å²) in [5.41, 5.74) is 6.07. The predicted octanol–water partition coefficient (Wildman–Crippen LogP) is 2.96. The average molecular weight is 278 g/mol. The summed E-state index contributed by atoms with van der Waals surface area (Å²) in [6.07, 6.45) is -0.270. The first-order valence-corrected chi connectivity index (χ1v) is 5.85. The molecule has 0 saturated heterocycles. The molecule has 1 aromatic rings. The monoisotopic (exact) mass is 277 g/mol. The quantitative estimate of drug-likeness (QED) is 0.873. The van der Waals surface area contributed by atoms with E-state index in [1.54, 1.807) is 12.1 Å². The first kappa shape index (κ1) is 15.3. The van der Waals surface area contributed by atoms with Crippen LogP contribution in [0.2, 0.25) is 0 Å². The number of aliphatic hydroxyl groups is 1. The average Bonchev–Trinajstić information content (AvgIpc) is 2.34. The first-order valence-electron chi connectivity index (χ1n) is 5.85. The van der Waals surface area contributed by atoms with E-state index < -0.39 is 11.5 Å². The SMILES string of the molecule is Cl.NCc1ccc(C2(O)CCC(F)(F)CC2)cc1. The van der Waals surface area contributed by atoms with Crippen LogP contribution in [-0.2, 0) is 12.1 Å². The topological polar surface area (TPSA) is 46.2 Å². The summed E-state index contributed by atoms with van der Waals surface area (Å²) in [5.74, 6) is -2.62. The highest BCUT2D eigenvalue weighted by atomic mass is 35.5. The van der Waals surface area contributed by atoms with E-state index in [9.17, 15) is 13.9 Å². The summed E-state index contributed by atoms with van der Waals surface area (Å²) in [6, 6.07) is 7.23. The van der Waals surface area contributed by atoms with Crippen LogP contribution in [0.3, 0.4) is 0 Å².